The Labute approximate surface area is 111 Å². The fourth-order valence-corrected chi connectivity index (χ4v) is 2.23. The van der Waals surface area contributed by atoms with E-state index in [4.69, 9.17) is 0 Å². The summed E-state index contributed by atoms with van der Waals surface area (Å²) in [5.74, 6) is 0. The lowest BCUT2D eigenvalue weighted by molar-refractivity contribution is 0.175. The van der Waals surface area contributed by atoms with E-state index in [1.165, 1.54) is 5.56 Å². The molecule has 1 rings (SSSR count). The molecule has 0 aliphatic carbocycles. The Kier molecular flexibility index (Phi) is 6.94. The Hall–Kier alpha value is -0.900. The molecule has 0 fully saturated rings. The van der Waals surface area contributed by atoms with Gasteiger partial charge in [-0.05, 0) is 25.6 Å². The van der Waals surface area contributed by atoms with Crippen LogP contribution < -0.4 is 5.32 Å². The van der Waals surface area contributed by atoms with E-state index in [2.05, 4.69) is 48.3 Å². The van der Waals surface area contributed by atoms with E-state index in [1.54, 1.807) is 0 Å². The van der Waals surface area contributed by atoms with Gasteiger partial charge in [0.2, 0.25) is 0 Å². The van der Waals surface area contributed by atoms with Gasteiger partial charge in [-0.2, -0.15) is 0 Å². The van der Waals surface area contributed by atoms with Crippen molar-refractivity contribution in [2.24, 2.45) is 0 Å². The van der Waals surface area contributed by atoms with Crippen molar-refractivity contribution in [2.75, 3.05) is 26.2 Å². The summed E-state index contributed by atoms with van der Waals surface area (Å²) in [6, 6.07) is 10.9. The van der Waals surface area contributed by atoms with Gasteiger partial charge in [0.05, 0.1) is 6.10 Å². The molecule has 1 aromatic rings. The number of rotatable bonds is 8. The van der Waals surface area contributed by atoms with E-state index in [0.29, 0.717) is 12.6 Å². The molecule has 0 aliphatic heterocycles. The largest absolute Gasteiger partial charge is 0.392 e. The normalized spacial score (nSPS) is 14.7. The van der Waals surface area contributed by atoms with Gasteiger partial charge in [-0.25, -0.2) is 0 Å². The molecule has 0 spiro atoms. The molecule has 1 unspecified atom stereocenters. The Bertz CT molecular complexity index is 310. The molecule has 0 aliphatic rings. The zero-order chi connectivity index (χ0) is 13.4. The lowest BCUT2D eigenvalue weighted by Gasteiger charge is -2.30. The van der Waals surface area contributed by atoms with Crippen LogP contribution in [0.25, 0.3) is 0 Å². The van der Waals surface area contributed by atoms with Gasteiger partial charge >= 0.3 is 0 Å². The van der Waals surface area contributed by atoms with E-state index in [-0.39, 0.29) is 6.10 Å². The van der Waals surface area contributed by atoms with Gasteiger partial charge in [-0.1, -0.05) is 44.2 Å². The molecule has 3 nitrogen and oxygen atoms in total. The van der Waals surface area contributed by atoms with Crippen LogP contribution in [0.15, 0.2) is 30.3 Å². The number of hydrogen-bond acceptors (Lipinski definition) is 3. The van der Waals surface area contributed by atoms with Crippen LogP contribution in [0.1, 0.15) is 32.4 Å². The molecule has 18 heavy (non-hydrogen) atoms. The van der Waals surface area contributed by atoms with Crippen molar-refractivity contribution >= 4 is 0 Å². The summed E-state index contributed by atoms with van der Waals surface area (Å²) in [6.45, 7) is 9.77. The maximum absolute atomic E-state index is 9.31. The molecule has 0 radical (unpaired) electrons. The molecule has 0 heterocycles. The lowest BCUT2D eigenvalue weighted by atomic mass is 10.1. The average Bonchev–Trinajstić information content (AvgIpc) is 2.39. The molecule has 0 saturated heterocycles. The summed E-state index contributed by atoms with van der Waals surface area (Å²) in [5, 5.41) is 12.7. The highest BCUT2D eigenvalue weighted by molar-refractivity contribution is 5.19. The minimum absolute atomic E-state index is 0.293. The lowest BCUT2D eigenvalue weighted by Crippen LogP contribution is -2.37. The third-order valence-corrected chi connectivity index (χ3v) is 3.21. The van der Waals surface area contributed by atoms with Gasteiger partial charge in [0.15, 0.2) is 0 Å². The predicted octanol–water partition coefficient (Wildman–Crippen LogP) is 2.04. The van der Waals surface area contributed by atoms with Gasteiger partial charge in [0.25, 0.3) is 0 Å². The molecule has 0 saturated carbocycles. The number of aliphatic hydroxyl groups excluding tert-OH is 1. The summed E-state index contributed by atoms with van der Waals surface area (Å²) in [7, 11) is 0. The average molecular weight is 250 g/mol. The Morgan fingerprint density at radius 1 is 1.11 bits per heavy atom. The first-order valence-corrected chi connectivity index (χ1v) is 6.86. The second-order valence-corrected chi connectivity index (χ2v) is 4.65. The maximum atomic E-state index is 9.31. The predicted molar refractivity (Wildman–Crippen MR) is 76.7 cm³/mol. The van der Waals surface area contributed by atoms with Crippen LogP contribution in [0.4, 0.5) is 0 Å². The van der Waals surface area contributed by atoms with E-state index < -0.39 is 0 Å². The molecule has 2 atom stereocenters. The quantitative estimate of drug-likeness (QED) is 0.741. The van der Waals surface area contributed by atoms with Crippen LogP contribution in [-0.2, 0) is 0 Å². The molecular weight excluding hydrogens is 224 g/mol. The molecule has 0 amide bonds. The third kappa shape index (κ3) is 4.77. The number of benzene rings is 1. The van der Waals surface area contributed by atoms with Gasteiger partial charge in [-0.3, -0.25) is 4.90 Å². The minimum Gasteiger partial charge on any atom is -0.392 e. The van der Waals surface area contributed by atoms with Crippen LogP contribution in [0, 0.1) is 0 Å². The van der Waals surface area contributed by atoms with Crippen LogP contribution in [0.2, 0.25) is 0 Å². The zero-order valence-electron chi connectivity index (χ0n) is 11.8. The summed E-state index contributed by atoms with van der Waals surface area (Å²) in [5.41, 5.74) is 1.33. The van der Waals surface area contributed by atoms with Crippen molar-refractivity contribution < 1.29 is 5.11 Å². The summed E-state index contributed by atoms with van der Waals surface area (Å²) in [6.07, 6.45) is -0.293. The Morgan fingerprint density at radius 2 is 1.72 bits per heavy atom. The van der Waals surface area contributed by atoms with E-state index in [1.807, 2.05) is 13.0 Å². The van der Waals surface area contributed by atoms with Gasteiger partial charge in [-0.15, -0.1) is 0 Å². The molecule has 0 aromatic heterocycles. The summed E-state index contributed by atoms with van der Waals surface area (Å²) < 4.78 is 0. The van der Waals surface area contributed by atoms with Crippen molar-refractivity contribution in [1.29, 1.82) is 0 Å². The van der Waals surface area contributed by atoms with Crippen molar-refractivity contribution in [2.45, 2.75) is 32.9 Å². The first-order valence-electron chi connectivity index (χ1n) is 6.86. The SMILES string of the molecule is CCN(CC)C(CNC[C@H](C)O)c1ccccc1. The van der Waals surface area contributed by atoms with E-state index in [9.17, 15) is 5.11 Å². The molecule has 102 valence electrons. The number of nitrogens with zero attached hydrogens (tertiary/aromatic N) is 1. The van der Waals surface area contributed by atoms with Crippen LogP contribution in [-0.4, -0.2) is 42.3 Å². The fourth-order valence-electron chi connectivity index (χ4n) is 2.23. The third-order valence-electron chi connectivity index (χ3n) is 3.21. The van der Waals surface area contributed by atoms with Crippen LogP contribution in [0.3, 0.4) is 0 Å². The standard InChI is InChI=1S/C15H26N2O/c1-4-17(5-2)15(12-16-11-13(3)18)14-9-7-6-8-10-14/h6-10,13,15-16,18H,4-5,11-12H2,1-3H3/t13-,15?/m0/s1. The smallest absolute Gasteiger partial charge is 0.0636 e. The zero-order valence-corrected chi connectivity index (χ0v) is 11.8. The second-order valence-electron chi connectivity index (χ2n) is 4.65. The van der Waals surface area contributed by atoms with Crippen molar-refractivity contribution in [3.63, 3.8) is 0 Å². The summed E-state index contributed by atoms with van der Waals surface area (Å²) >= 11 is 0. The van der Waals surface area contributed by atoms with E-state index in [0.717, 1.165) is 19.6 Å². The van der Waals surface area contributed by atoms with Crippen molar-refractivity contribution in [3.8, 4) is 0 Å². The Balaban J connectivity index is 2.69. The first-order chi connectivity index (χ1) is 8.69. The number of nitrogens with one attached hydrogen (secondary N) is 1. The minimum atomic E-state index is -0.293. The molecule has 3 heteroatoms. The maximum Gasteiger partial charge on any atom is 0.0636 e. The number of hydrogen-bond donors (Lipinski definition) is 2. The van der Waals surface area contributed by atoms with E-state index >= 15 is 0 Å². The molecule has 0 bridgehead atoms. The van der Waals surface area contributed by atoms with Crippen LogP contribution >= 0.6 is 0 Å². The second kappa shape index (κ2) is 8.25. The molecule has 1 aromatic carbocycles. The summed E-state index contributed by atoms with van der Waals surface area (Å²) in [4.78, 5) is 2.43. The molecular formula is C15H26N2O. The van der Waals surface area contributed by atoms with Crippen LogP contribution in [0.5, 0.6) is 0 Å². The van der Waals surface area contributed by atoms with Crippen molar-refractivity contribution in [1.82, 2.24) is 10.2 Å². The highest BCUT2D eigenvalue weighted by Gasteiger charge is 2.17. The fraction of sp³-hybridized carbons (Fsp3) is 0.600. The van der Waals surface area contributed by atoms with Gasteiger partial charge in [0.1, 0.15) is 0 Å². The van der Waals surface area contributed by atoms with Gasteiger partial charge in [0, 0.05) is 19.1 Å². The molecule has 2 N–H and O–H groups in total. The van der Waals surface area contributed by atoms with Crippen molar-refractivity contribution in [3.05, 3.63) is 35.9 Å². The highest BCUT2D eigenvalue weighted by Crippen LogP contribution is 2.19. The Morgan fingerprint density at radius 3 is 2.22 bits per heavy atom. The van der Waals surface area contributed by atoms with Gasteiger partial charge < -0.3 is 10.4 Å². The number of likely N-dealkylation sites (N-methyl/N-ethyl adjacent to an activating group) is 1. The first kappa shape index (κ1) is 15.2. The highest BCUT2D eigenvalue weighted by atomic mass is 16.3. The number of aliphatic hydroxyl groups is 1. The topological polar surface area (TPSA) is 35.5 Å². The monoisotopic (exact) mass is 250 g/mol.